The second kappa shape index (κ2) is 7.34. The number of rotatable bonds is 8. The number of ether oxygens (including phenoxy) is 1. The fourth-order valence-corrected chi connectivity index (χ4v) is 1.59. The Kier molecular flexibility index (Phi) is 6.10. The van der Waals surface area contributed by atoms with Gasteiger partial charge in [-0.25, -0.2) is 0 Å². The van der Waals surface area contributed by atoms with Crippen molar-refractivity contribution in [2.24, 2.45) is 11.3 Å². The van der Waals surface area contributed by atoms with Crippen LogP contribution in [0.15, 0.2) is 36.9 Å². The fourth-order valence-electron chi connectivity index (χ4n) is 1.59. The van der Waals surface area contributed by atoms with Crippen LogP contribution in [0.2, 0.25) is 0 Å². The lowest BCUT2D eigenvalue weighted by Gasteiger charge is -2.29. The molecule has 2 nitrogen and oxygen atoms in total. The maximum Gasteiger partial charge on any atom is 0.119 e. The quantitative estimate of drug-likeness (QED) is 0.714. The van der Waals surface area contributed by atoms with E-state index in [0.717, 1.165) is 18.8 Å². The molecule has 0 amide bonds. The van der Waals surface area contributed by atoms with Crippen LogP contribution in [0.5, 0.6) is 5.75 Å². The van der Waals surface area contributed by atoms with Crippen molar-refractivity contribution < 1.29 is 4.74 Å². The van der Waals surface area contributed by atoms with Gasteiger partial charge in [0.15, 0.2) is 0 Å². The van der Waals surface area contributed by atoms with Crippen molar-refractivity contribution in [1.82, 2.24) is 5.32 Å². The molecule has 1 aromatic rings. The standard InChI is InChI=1S/C17H27NO/c1-6-11-19-16-9-7-15(8-10-16)12-18-13-17(4,5)14(2)3/h6-10,14,18H,1,11-13H2,2-5H3. The van der Waals surface area contributed by atoms with Gasteiger partial charge >= 0.3 is 0 Å². The molecule has 0 aromatic heterocycles. The highest BCUT2D eigenvalue weighted by molar-refractivity contribution is 5.27. The minimum Gasteiger partial charge on any atom is -0.490 e. The van der Waals surface area contributed by atoms with Gasteiger partial charge in [0.25, 0.3) is 0 Å². The van der Waals surface area contributed by atoms with Crippen LogP contribution >= 0.6 is 0 Å². The van der Waals surface area contributed by atoms with Crippen molar-refractivity contribution in [3.05, 3.63) is 42.5 Å². The third kappa shape index (κ3) is 5.48. The first kappa shape index (κ1) is 15.8. The molecule has 0 saturated heterocycles. The van der Waals surface area contributed by atoms with E-state index < -0.39 is 0 Å². The third-order valence-corrected chi connectivity index (χ3v) is 3.76. The Bertz CT molecular complexity index is 379. The zero-order valence-electron chi connectivity index (χ0n) is 12.7. The monoisotopic (exact) mass is 261 g/mol. The topological polar surface area (TPSA) is 21.3 Å². The molecule has 2 heteroatoms. The van der Waals surface area contributed by atoms with Gasteiger partial charge in [-0.3, -0.25) is 0 Å². The Morgan fingerprint density at radius 1 is 1.26 bits per heavy atom. The molecular weight excluding hydrogens is 234 g/mol. The van der Waals surface area contributed by atoms with Crippen LogP contribution in [-0.4, -0.2) is 13.2 Å². The average Bonchev–Trinajstić information content (AvgIpc) is 2.37. The summed E-state index contributed by atoms with van der Waals surface area (Å²) in [6, 6.07) is 8.23. The highest BCUT2D eigenvalue weighted by atomic mass is 16.5. The van der Waals surface area contributed by atoms with E-state index in [2.05, 4.69) is 51.7 Å². The van der Waals surface area contributed by atoms with Crippen LogP contribution in [0.1, 0.15) is 33.3 Å². The van der Waals surface area contributed by atoms with Crippen LogP contribution in [0, 0.1) is 11.3 Å². The molecular formula is C17H27NO. The SMILES string of the molecule is C=CCOc1ccc(CNCC(C)(C)C(C)C)cc1. The Balaban J connectivity index is 2.40. The van der Waals surface area contributed by atoms with Crippen LogP contribution < -0.4 is 10.1 Å². The van der Waals surface area contributed by atoms with Crippen LogP contribution in [0.4, 0.5) is 0 Å². The van der Waals surface area contributed by atoms with Crippen LogP contribution in [0.3, 0.4) is 0 Å². The molecule has 0 bridgehead atoms. The van der Waals surface area contributed by atoms with Crippen molar-refractivity contribution >= 4 is 0 Å². The predicted octanol–water partition coefficient (Wildman–Crippen LogP) is 4.02. The zero-order valence-corrected chi connectivity index (χ0v) is 12.7. The van der Waals surface area contributed by atoms with E-state index in [1.165, 1.54) is 5.56 Å². The van der Waals surface area contributed by atoms with E-state index in [4.69, 9.17) is 4.74 Å². The smallest absolute Gasteiger partial charge is 0.119 e. The van der Waals surface area contributed by atoms with Gasteiger partial charge in [0.1, 0.15) is 12.4 Å². The number of nitrogens with one attached hydrogen (secondary N) is 1. The molecule has 106 valence electrons. The maximum atomic E-state index is 5.46. The van der Waals surface area contributed by atoms with Crippen LogP contribution in [0.25, 0.3) is 0 Å². The molecule has 0 aliphatic rings. The normalized spacial score (nSPS) is 11.6. The molecule has 1 rings (SSSR count). The highest BCUT2D eigenvalue weighted by Crippen LogP contribution is 2.24. The molecule has 0 spiro atoms. The summed E-state index contributed by atoms with van der Waals surface area (Å²) in [5.74, 6) is 1.57. The molecule has 0 aliphatic carbocycles. The molecule has 1 N–H and O–H groups in total. The molecule has 1 aromatic carbocycles. The summed E-state index contributed by atoms with van der Waals surface area (Å²) in [6.07, 6.45) is 1.75. The number of hydrogen-bond donors (Lipinski definition) is 1. The van der Waals surface area contributed by atoms with E-state index in [-0.39, 0.29) is 0 Å². The maximum absolute atomic E-state index is 5.46. The van der Waals surface area contributed by atoms with Crippen molar-refractivity contribution in [1.29, 1.82) is 0 Å². The van der Waals surface area contributed by atoms with Gasteiger partial charge in [-0.2, -0.15) is 0 Å². The van der Waals surface area contributed by atoms with E-state index in [1.54, 1.807) is 6.08 Å². The first-order valence-corrected chi connectivity index (χ1v) is 6.99. The highest BCUT2D eigenvalue weighted by Gasteiger charge is 2.21. The largest absolute Gasteiger partial charge is 0.490 e. The van der Waals surface area contributed by atoms with Gasteiger partial charge in [0.05, 0.1) is 0 Å². The van der Waals surface area contributed by atoms with Gasteiger partial charge < -0.3 is 10.1 Å². The molecule has 0 heterocycles. The summed E-state index contributed by atoms with van der Waals surface area (Å²) < 4.78 is 5.46. The lowest BCUT2D eigenvalue weighted by Crippen LogP contribution is -2.33. The minimum absolute atomic E-state index is 0.326. The lowest BCUT2D eigenvalue weighted by atomic mass is 9.81. The summed E-state index contributed by atoms with van der Waals surface area (Å²) >= 11 is 0. The van der Waals surface area contributed by atoms with Crippen molar-refractivity contribution in [3.63, 3.8) is 0 Å². The van der Waals surface area contributed by atoms with E-state index in [1.807, 2.05) is 12.1 Å². The molecule has 0 unspecified atom stereocenters. The van der Waals surface area contributed by atoms with Gasteiger partial charge in [0, 0.05) is 13.1 Å². The Morgan fingerprint density at radius 2 is 1.89 bits per heavy atom. The average molecular weight is 261 g/mol. The fraction of sp³-hybridized carbons (Fsp3) is 0.529. The van der Waals surface area contributed by atoms with Crippen molar-refractivity contribution in [2.45, 2.75) is 34.2 Å². The molecule has 0 radical (unpaired) electrons. The summed E-state index contributed by atoms with van der Waals surface area (Å²) in [5.41, 5.74) is 1.61. The second-order valence-corrected chi connectivity index (χ2v) is 5.99. The second-order valence-electron chi connectivity index (χ2n) is 5.99. The zero-order chi connectivity index (χ0) is 14.3. The molecule has 0 saturated carbocycles. The summed E-state index contributed by atoms with van der Waals surface area (Å²) in [7, 11) is 0. The van der Waals surface area contributed by atoms with Gasteiger partial charge in [0.2, 0.25) is 0 Å². The van der Waals surface area contributed by atoms with Gasteiger partial charge in [-0.05, 0) is 29.0 Å². The van der Waals surface area contributed by atoms with Crippen molar-refractivity contribution in [3.8, 4) is 5.75 Å². The van der Waals surface area contributed by atoms with E-state index in [0.29, 0.717) is 17.9 Å². The van der Waals surface area contributed by atoms with E-state index >= 15 is 0 Å². The first-order valence-electron chi connectivity index (χ1n) is 6.99. The van der Waals surface area contributed by atoms with Gasteiger partial charge in [-0.1, -0.05) is 52.5 Å². The molecule has 0 atom stereocenters. The molecule has 19 heavy (non-hydrogen) atoms. The Hall–Kier alpha value is -1.28. The van der Waals surface area contributed by atoms with Crippen molar-refractivity contribution in [2.75, 3.05) is 13.2 Å². The number of benzene rings is 1. The minimum atomic E-state index is 0.326. The molecule has 0 fully saturated rings. The third-order valence-electron chi connectivity index (χ3n) is 3.76. The summed E-state index contributed by atoms with van der Waals surface area (Å²) in [4.78, 5) is 0. The number of hydrogen-bond acceptors (Lipinski definition) is 2. The first-order chi connectivity index (χ1) is 8.95. The van der Waals surface area contributed by atoms with E-state index in [9.17, 15) is 0 Å². The Labute approximate surface area is 117 Å². The Morgan fingerprint density at radius 3 is 2.42 bits per heavy atom. The van der Waals surface area contributed by atoms with Gasteiger partial charge in [-0.15, -0.1) is 0 Å². The lowest BCUT2D eigenvalue weighted by molar-refractivity contribution is 0.238. The predicted molar refractivity (Wildman–Crippen MR) is 82.5 cm³/mol. The van der Waals surface area contributed by atoms with Crippen LogP contribution in [-0.2, 0) is 6.54 Å². The summed E-state index contributed by atoms with van der Waals surface area (Å²) in [5, 5.41) is 3.53. The molecule has 0 aliphatic heterocycles. The summed E-state index contributed by atoms with van der Waals surface area (Å²) in [6.45, 7) is 15.3.